The summed E-state index contributed by atoms with van der Waals surface area (Å²) in [6, 6.07) is 0. The lowest BCUT2D eigenvalue weighted by atomic mass is 10.3. The molecule has 0 saturated heterocycles. The molecule has 0 aromatic carbocycles. The molecule has 0 spiro atoms. The van der Waals surface area contributed by atoms with E-state index in [9.17, 15) is 9.59 Å². The maximum Gasteiger partial charge on any atom is 0.418 e. The first-order valence-corrected chi connectivity index (χ1v) is 3.85. The Morgan fingerprint density at radius 2 is 2.08 bits per heavy atom. The summed E-state index contributed by atoms with van der Waals surface area (Å²) in [5.41, 5.74) is 0. The summed E-state index contributed by atoms with van der Waals surface area (Å²) in [5.74, 6) is -0.518. The van der Waals surface area contributed by atoms with Crippen LogP contribution in [0.5, 0.6) is 0 Å². The minimum Gasteiger partial charge on any atom is -0.460 e. The molecule has 12 heavy (non-hydrogen) atoms. The van der Waals surface area contributed by atoms with E-state index in [0.29, 0.717) is 6.42 Å². The molecule has 0 aliphatic heterocycles. The van der Waals surface area contributed by atoms with Crippen LogP contribution in [0.2, 0.25) is 0 Å². The highest BCUT2D eigenvalue weighted by Crippen LogP contribution is 2.01. The lowest BCUT2D eigenvalue weighted by molar-refractivity contribution is -0.156. The van der Waals surface area contributed by atoms with Gasteiger partial charge in [-0.05, 0) is 20.3 Å². The number of hydrogen-bond acceptors (Lipinski definition) is 4. The van der Waals surface area contributed by atoms with E-state index in [4.69, 9.17) is 4.74 Å². The molecule has 0 bridgehead atoms. The van der Waals surface area contributed by atoms with Crippen LogP contribution in [0.1, 0.15) is 27.2 Å². The number of carbonyl (C=O) groups excluding carboxylic acids is 2. The van der Waals surface area contributed by atoms with Gasteiger partial charge < -0.3 is 9.47 Å². The topological polar surface area (TPSA) is 52.6 Å². The Morgan fingerprint density at radius 1 is 1.50 bits per heavy atom. The van der Waals surface area contributed by atoms with Crippen molar-refractivity contribution < 1.29 is 19.1 Å². The van der Waals surface area contributed by atoms with Gasteiger partial charge in [0.2, 0.25) is 0 Å². The van der Waals surface area contributed by atoms with Crippen molar-refractivity contribution in [1.29, 1.82) is 0 Å². The lowest BCUT2D eigenvalue weighted by Gasteiger charge is -2.13. The van der Waals surface area contributed by atoms with Crippen molar-refractivity contribution >= 4 is 12.4 Å². The van der Waals surface area contributed by atoms with Gasteiger partial charge in [0.25, 0.3) is 0 Å². The molecule has 1 unspecified atom stereocenters. The van der Waals surface area contributed by atoms with Crippen molar-refractivity contribution in [2.45, 2.75) is 39.4 Å². The first kappa shape index (κ1) is 10.9. The van der Waals surface area contributed by atoms with Crippen LogP contribution in [0, 0.1) is 0 Å². The molecule has 0 rings (SSSR count). The molecule has 4 heteroatoms. The highest BCUT2D eigenvalue weighted by molar-refractivity contribution is 5.75. The fourth-order valence-electron chi connectivity index (χ4n) is 0.664. The molecule has 0 saturated carbocycles. The molecule has 1 atom stereocenters. The summed E-state index contributed by atoms with van der Waals surface area (Å²) in [6.07, 6.45) is -0.604. The van der Waals surface area contributed by atoms with Crippen LogP contribution < -0.4 is 0 Å². The highest BCUT2D eigenvalue weighted by Gasteiger charge is 2.20. The molecule has 69 valence electrons. The van der Waals surface area contributed by atoms with Crippen LogP contribution in [0.3, 0.4) is 0 Å². The van der Waals surface area contributed by atoms with E-state index >= 15 is 0 Å². The number of rotatable bonds is 5. The third-order valence-corrected chi connectivity index (χ3v) is 1.18. The number of carbonyl (C=O) groups is 1. The molecule has 0 amide bonds. The average molecular weight is 173 g/mol. The van der Waals surface area contributed by atoms with E-state index in [1.807, 2.05) is 0 Å². The predicted molar refractivity (Wildman–Crippen MR) is 42.1 cm³/mol. The Hall–Kier alpha value is -1.06. The van der Waals surface area contributed by atoms with Gasteiger partial charge in [-0.25, -0.2) is 9.59 Å². The van der Waals surface area contributed by atoms with Crippen molar-refractivity contribution in [1.82, 2.24) is 0 Å². The van der Waals surface area contributed by atoms with Crippen molar-refractivity contribution in [2.24, 2.45) is 0 Å². The van der Waals surface area contributed by atoms with Crippen LogP contribution in [-0.2, 0) is 19.1 Å². The van der Waals surface area contributed by atoms with Gasteiger partial charge in [0.15, 0.2) is 6.10 Å². The largest absolute Gasteiger partial charge is 0.460 e. The minimum atomic E-state index is -0.815. The van der Waals surface area contributed by atoms with E-state index in [-0.39, 0.29) is 6.10 Å². The quantitative estimate of drug-likeness (QED) is 0.577. The Balaban J connectivity index is 3.93. The van der Waals surface area contributed by atoms with E-state index in [1.54, 1.807) is 20.8 Å². The summed E-state index contributed by atoms with van der Waals surface area (Å²) in [5, 5.41) is 0. The maximum atomic E-state index is 11.0. The van der Waals surface area contributed by atoms with Crippen molar-refractivity contribution in [2.75, 3.05) is 0 Å². The number of ether oxygens (including phenoxy) is 2. The van der Waals surface area contributed by atoms with E-state index in [0.717, 1.165) is 0 Å². The standard InChI is InChI=1S/C8H13O4/c1-4-7(11-5-9)8(10)12-6(2)3/h6-7H,4H2,1-3H3. The van der Waals surface area contributed by atoms with Crippen LogP contribution in [0.15, 0.2) is 0 Å². The second-order valence-corrected chi connectivity index (χ2v) is 2.58. The SMILES string of the molecule is CCC(O[C]=O)C(=O)OC(C)C. The summed E-state index contributed by atoms with van der Waals surface area (Å²) >= 11 is 0. The molecule has 0 aromatic heterocycles. The van der Waals surface area contributed by atoms with Gasteiger partial charge in [0.1, 0.15) is 0 Å². The third kappa shape index (κ3) is 3.95. The normalized spacial score (nSPS) is 12.3. The Morgan fingerprint density at radius 3 is 2.42 bits per heavy atom. The average Bonchev–Trinajstić information content (AvgIpc) is 1.98. The van der Waals surface area contributed by atoms with E-state index in [2.05, 4.69) is 4.74 Å². The fraction of sp³-hybridized carbons (Fsp3) is 0.750. The smallest absolute Gasteiger partial charge is 0.418 e. The van der Waals surface area contributed by atoms with Crippen molar-refractivity contribution in [3.8, 4) is 0 Å². The second-order valence-electron chi connectivity index (χ2n) is 2.58. The maximum absolute atomic E-state index is 11.0. The van der Waals surface area contributed by atoms with E-state index in [1.165, 1.54) is 6.47 Å². The van der Waals surface area contributed by atoms with Crippen LogP contribution in [0.4, 0.5) is 0 Å². The van der Waals surface area contributed by atoms with Gasteiger partial charge in [0.05, 0.1) is 6.10 Å². The molecule has 1 radical (unpaired) electrons. The molecular formula is C8H13O4. The van der Waals surface area contributed by atoms with Crippen LogP contribution in [-0.4, -0.2) is 24.6 Å². The predicted octanol–water partition coefficient (Wildman–Crippen LogP) is 0.800. The highest BCUT2D eigenvalue weighted by atomic mass is 16.6. The van der Waals surface area contributed by atoms with Gasteiger partial charge in [0, 0.05) is 0 Å². The van der Waals surface area contributed by atoms with Gasteiger partial charge in [-0.2, -0.15) is 0 Å². The molecule has 0 fully saturated rings. The third-order valence-electron chi connectivity index (χ3n) is 1.18. The summed E-state index contributed by atoms with van der Waals surface area (Å²) in [6.45, 7) is 6.41. The number of hydrogen-bond donors (Lipinski definition) is 0. The lowest BCUT2D eigenvalue weighted by Crippen LogP contribution is -2.27. The zero-order valence-electron chi connectivity index (χ0n) is 7.49. The Labute approximate surface area is 71.8 Å². The van der Waals surface area contributed by atoms with Gasteiger partial charge in [-0.3, -0.25) is 0 Å². The van der Waals surface area contributed by atoms with Gasteiger partial charge in [-0.15, -0.1) is 0 Å². The number of esters is 1. The Kier molecular flexibility index (Phi) is 5.08. The van der Waals surface area contributed by atoms with Gasteiger partial charge >= 0.3 is 12.4 Å². The van der Waals surface area contributed by atoms with Crippen LogP contribution >= 0.6 is 0 Å². The van der Waals surface area contributed by atoms with Crippen LogP contribution in [0.25, 0.3) is 0 Å². The minimum absolute atomic E-state index is 0.193. The fourth-order valence-corrected chi connectivity index (χ4v) is 0.664. The molecule has 0 aliphatic carbocycles. The summed E-state index contributed by atoms with van der Waals surface area (Å²) in [7, 11) is 0. The van der Waals surface area contributed by atoms with E-state index < -0.39 is 12.1 Å². The molecular weight excluding hydrogens is 160 g/mol. The Bertz CT molecular complexity index is 153. The first-order chi connectivity index (χ1) is 5.61. The molecule has 0 aromatic rings. The van der Waals surface area contributed by atoms with Crippen molar-refractivity contribution in [3.63, 3.8) is 0 Å². The monoisotopic (exact) mass is 173 g/mol. The molecule has 0 heterocycles. The first-order valence-electron chi connectivity index (χ1n) is 3.85. The summed E-state index contributed by atoms with van der Waals surface area (Å²) < 4.78 is 9.19. The zero-order valence-corrected chi connectivity index (χ0v) is 7.49. The molecule has 0 N–H and O–H groups in total. The molecule has 0 aliphatic rings. The van der Waals surface area contributed by atoms with Gasteiger partial charge in [-0.1, -0.05) is 6.92 Å². The van der Waals surface area contributed by atoms with Crippen molar-refractivity contribution in [3.05, 3.63) is 0 Å². The zero-order chi connectivity index (χ0) is 9.56. The molecule has 4 nitrogen and oxygen atoms in total. The summed E-state index contributed by atoms with van der Waals surface area (Å²) in [4.78, 5) is 20.9. The second kappa shape index (κ2) is 5.57.